The van der Waals surface area contributed by atoms with Crippen LogP contribution in [0.25, 0.3) is 0 Å². The SMILES string of the molecule is Cc1ccc(C)c(N(CC(=O)Nc2ccccc2C(=O)N2CCCCC2)S(=O)(=O)N(C)C)c1. The van der Waals surface area contributed by atoms with E-state index < -0.39 is 22.7 Å². The standard InChI is InChI=1S/C24H32N4O4S/c1-18-12-13-19(2)22(16-18)28(33(31,32)26(3)4)17-23(29)25-21-11-7-6-10-20(21)24(30)27-14-8-5-9-15-27/h6-7,10-13,16H,5,8-9,14-15,17H2,1-4H3,(H,25,29). The van der Waals surface area contributed by atoms with E-state index in [-0.39, 0.29) is 5.91 Å². The third-order valence-corrected chi connectivity index (χ3v) is 7.54. The van der Waals surface area contributed by atoms with Crippen LogP contribution in [0.5, 0.6) is 0 Å². The first-order valence-electron chi connectivity index (χ1n) is 11.1. The molecule has 8 nitrogen and oxygen atoms in total. The van der Waals surface area contributed by atoms with Gasteiger partial charge in [-0.2, -0.15) is 12.7 Å². The quantitative estimate of drug-likeness (QED) is 0.670. The van der Waals surface area contributed by atoms with Gasteiger partial charge in [0.15, 0.2) is 0 Å². The van der Waals surface area contributed by atoms with Crippen molar-refractivity contribution in [3.63, 3.8) is 0 Å². The van der Waals surface area contributed by atoms with E-state index >= 15 is 0 Å². The van der Waals surface area contributed by atoms with Crippen molar-refractivity contribution in [3.05, 3.63) is 59.2 Å². The molecule has 178 valence electrons. The molecule has 1 N–H and O–H groups in total. The molecule has 2 amide bonds. The number of nitrogens with one attached hydrogen (secondary N) is 1. The molecule has 1 aliphatic rings. The summed E-state index contributed by atoms with van der Waals surface area (Å²) in [7, 11) is -1.07. The van der Waals surface area contributed by atoms with Crippen LogP contribution in [0.2, 0.25) is 0 Å². The maximum absolute atomic E-state index is 13.1. The zero-order valence-electron chi connectivity index (χ0n) is 19.7. The lowest BCUT2D eigenvalue weighted by Gasteiger charge is -2.29. The Kier molecular flexibility index (Phi) is 7.76. The lowest BCUT2D eigenvalue weighted by molar-refractivity contribution is -0.114. The number of benzene rings is 2. The van der Waals surface area contributed by atoms with E-state index in [1.165, 1.54) is 14.1 Å². The van der Waals surface area contributed by atoms with Crippen LogP contribution in [0.1, 0.15) is 40.7 Å². The minimum absolute atomic E-state index is 0.127. The summed E-state index contributed by atoms with van der Waals surface area (Å²) in [5.41, 5.74) is 2.84. The molecule has 33 heavy (non-hydrogen) atoms. The maximum Gasteiger partial charge on any atom is 0.304 e. The van der Waals surface area contributed by atoms with Gasteiger partial charge in [-0.25, -0.2) is 4.31 Å². The third-order valence-electron chi connectivity index (χ3n) is 5.74. The van der Waals surface area contributed by atoms with Crippen molar-refractivity contribution < 1.29 is 18.0 Å². The van der Waals surface area contributed by atoms with Crippen LogP contribution < -0.4 is 9.62 Å². The monoisotopic (exact) mass is 472 g/mol. The first-order chi connectivity index (χ1) is 15.6. The van der Waals surface area contributed by atoms with Crippen molar-refractivity contribution in [3.8, 4) is 0 Å². The zero-order valence-corrected chi connectivity index (χ0v) is 20.5. The fourth-order valence-corrected chi connectivity index (χ4v) is 4.96. The number of para-hydroxylation sites is 1. The number of carbonyl (C=O) groups is 2. The minimum atomic E-state index is -3.93. The summed E-state index contributed by atoms with van der Waals surface area (Å²) in [5.74, 6) is -0.655. The van der Waals surface area contributed by atoms with Crippen LogP contribution in [-0.4, -0.2) is 63.2 Å². The van der Waals surface area contributed by atoms with E-state index in [9.17, 15) is 18.0 Å². The van der Waals surface area contributed by atoms with Crippen LogP contribution in [0.3, 0.4) is 0 Å². The Hall–Kier alpha value is -2.91. The molecule has 0 unspecified atom stereocenters. The number of amides is 2. The van der Waals surface area contributed by atoms with Gasteiger partial charge >= 0.3 is 10.2 Å². The molecule has 0 aliphatic carbocycles. The molecule has 2 aromatic rings. The molecular formula is C24H32N4O4S. The summed E-state index contributed by atoms with van der Waals surface area (Å²) in [6, 6.07) is 12.3. The van der Waals surface area contributed by atoms with Crippen molar-refractivity contribution in [2.75, 3.05) is 43.4 Å². The lowest BCUT2D eigenvalue weighted by atomic mass is 10.1. The second-order valence-corrected chi connectivity index (χ2v) is 10.6. The molecule has 1 heterocycles. The number of nitrogens with zero attached hydrogens (tertiary/aromatic N) is 3. The number of anilines is 2. The molecule has 1 saturated heterocycles. The third kappa shape index (κ3) is 5.72. The van der Waals surface area contributed by atoms with Crippen LogP contribution >= 0.6 is 0 Å². The summed E-state index contributed by atoms with van der Waals surface area (Å²) in [6.45, 7) is 4.64. The van der Waals surface area contributed by atoms with Crippen molar-refractivity contribution in [1.82, 2.24) is 9.21 Å². The molecule has 3 rings (SSSR count). The number of rotatable bonds is 7. The van der Waals surface area contributed by atoms with Crippen molar-refractivity contribution in [1.29, 1.82) is 0 Å². The Balaban J connectivity index is 1.87. The molecule has 0 bridgehead atoms. The molecule has 9 heteroatoms. The summed E-state index contributed by atoms with van der Waals surface area (Å²) >= 11 is 0. The highest BCUT2D eigenvalue weighted by Gasteiger charge is 2.29. The number of carbonyl (C=O) groups excluding carboxylic acids is 2. The zero-order chi connectivity index (χ0) is 24.2. The lowest BCUT2D eigenvalue weighted by Crippen LogP contribution is -2.44. The number of hydrogen-bond donors (Lipinski definition) is 1. The molecule has 0 spiro atoms. The highest BCUT2D eigenvalue weighted by atomic mass is 32.2. The fourth-order valence-electron chi connectivity index (χ4n) is 3.84. The summed E-state index contributed by atoms with van der Waals surface area (Å²) in [4.78, 5) is 27.9. The van der Waals surface area contributed by atoms with Gasteiger partial charge in [-0.15, -0.1) is 0 Å². The molecule has 0 saturated carbocycles. The number of likely N-dealkylation sites (tertiary alicyclic amines) is 1. The largest absolute Gasteiger partial charge is 0.339 e. The highest BCUT2D eigenvalue weighted by Crippen LogP contribution is 2.26. The molecular weight excluding hydrogens is 440 g/mol. The second-order valence-electron chi connectivity index (χ2n) is 8.53. The van der Waals surface area contributed by atoms with Crippen LogP contribution in [0, 0.1) is 13.8 Å². The number of aryl methyl sites for hydroxylation is 2. The molecule has 0 atom stereocenters. The van der Waals surface area contributed by atoms with Crippen molar-refractivity contribution in [2.24, 2.45) is 0 Å². The van der Waals surface area contributed by atoms with Crippen molar-refractivity contribution in [2.45, 2.75) is 33.1 Å². The minimum Gasteiger partial charge on any atom is -0.339 e. The van der Waals surface area contributed by atoms with Crippen LogP contribution in [-0.2, 0) is 15.0 Å². The topological polar surface area (TPSA) is 90.0 Å². The van der Waals surface area contributed by atoms with Crippen LogP contribution in [0.15, 0.2) is 42.5 Å². The Morgan fingerprint density at radius 1 is 1.00 bits per heavy atom. The maximum atomic E-state index is 13.1. The van der Waals surface area contributed by atoms with Gasteiger partial charge in [0.1, 0.15) is 6.54 Å². The first kappa shape index (κ1) is 24.7. The van der Waals surface area contributed by atoms with Gasteiger partial charge in [-0.3, -0.25) is 9.59 Å². The molecule has 0 radical (unpaired) electrons. The summed E-state index contributed by atoms with van der Waals surface area (Å²) in [6.07, 6.45) is 3.04. The predicted octanol–water partition coefficient (Wildman–Crippen LogP) is 3.18. The van der Waals surface area contributed by atoms with Gasteiger partial charge in [0.05, 0.1) is 16.9 Å². The van der Waals surface area contributed by atoms with Crippen molar-refractivity contribution >= 4 is 33.4 Å². The fraction of sp³-hybridized carbons (Fsp3) is 0.417. The average molecular weight is 473 g/mol. The molecule has 1 fully saturated rings. The van der Waals surface area contributed by atoms with E-state index in [2.05, 4.69) is 5.32 Å². The summed E-state index contributed by atoms with van der Waals surface area (Å²) in [5, 5.41) is 2.76. The Morgan fingerprint density at radius 3 is 2.33 bits per heavy atom. The second kappa shape index (κ2) is 10.4. The van der Waals surface area contributed by atoms with E-state index in [4.69, 9.17) is 0 Å². The van der Waals surface area contributed by atoms with E-state index in [0.29, 0.717) is 30.0 Å². The predicted molar refractivity (Wildman–Crippen MR) is 131 cm³/mol. The Bertz CT molecular complexity index is 1130. The van der Waals surface area contributed by atoms with Gasteiger partial charge in [-0.05, 0) is 62.4 Å². The van der Waals surface area contributed by atoms with E-state index in [0.717, 1.165) is 39.0 Å². The molecule has 1 aliphatic heterocycles. The Labute approximate surface area is 196 Å². The van der Waals surface area contributed by atoms with Gasteiger partial charge in [0.25, 0.3) is 5.91 Å². The first-order valence-corrected chi connectivity index (χ1v) is 12.5. The van der Waals surface area contributed by atoms with Crippen LogP contribution in [0.4, 0.5) is 11.4 Å². The smallest absolute Gasteiger partial charge is 0.304 e. The van der Waals surface area contributed by atoms with Gasteiger partial charge in [0.2, 0.25) is 5.91 Å². The highest BCUT2D eigenvalue weighted by molar-refractivity contribution is 7.90. The normalized spacial score (nSPS) is 14.3. The molecule has 0 aromatic heterocycles. The number of hydrogen-bond acceptors (Lipinski definition) is 4. The molecule has 2 aromatic carbocycles. The Morgan fingerprint density at radius 2 is 1.67 bits per heavy atom. The number of piperidine rings is 1. The van der Waals surface area contributed by atoms with Gasteiger partial charge < -0.3 is 10.2 Å². The van der Waals surface area contributed by atoms with Gasteiger partial charge in [-0.1, -0.05) is 24.3 Å². The van der Waals surface area contributed by atoms with E-state index in [1.54, 1.807) is 42.2 Å². The van der Waals surface area contributed by atoms with E-state index in [1.807, 2.05) is 19.1 Å². The average Bonchev–Trinajstić information content (AvgIpc) is 2.79. The summed E-state index contributed by atoms with van der Waals surface area (Å²) < 4.78 is 28.3. The van der Waals surface area contributed by atoms with Gasteiger partial charge in [0, 0.05) is 27.2 Å².